The molecule has 1 heterocycles. The van der Waals surface area contributed by atoms with Crippen LogP contribution in [0, 0.1) is 5.92 Å². The molecule has 1 atom stereocenters. The predicted molar refractivity (Wildman–Crippen MR) is 92.0 cm³/mol. The number of benzene rings is 1. The van der Waals surface area contributed by atoms with Gasteiger partial charge in [-0.2, -0.15) is 0 Å². The third-order valence-electron chi connectivity index (χ3n) is 4.73. The molecule has 1 aromatic carbocycles. The number of quaternary nitrogens is 1. The van der Waals surface area contributed by atoms with Gasteiger partial charge in [0.1, 0.15) is 12.6 Å². The van der Waals surface area contributed by atoms with Gasteiger partial charge in [-0.25, -0.2) is 0 Å². The van der Waals surface area contributed by atoms with Crippen molar-refractivity contribution in [2.24, 2.45) is 5.92 Å². The van der Waals surface area contributed by atoms with E-state index in [0.717, 1.165) is 44.6 Å². The fourth-order valence-corrected chi connectivity index (χ4v) is 3.25. The third kappa shape index (κ3) is 5.18. The van der Waals surface area contributed by atoms with Gasteiger partial charge < -0.3 is 19.6 Å². The number of carbonyl (C=O) groups excluding carboxylic acids is 1. The molecule has 6 heteroatoms. The van der Waals surface area contributed by atoms with Crippen molar-refractivity contribution in [2.45, 2.75) is 25.6 Å². The van der Waals surface area contributed by atoms with Crippen molar-refractivity contribution in [2.75, 3.05) is 39.3 Å². The van der Waals surface area contributed by atoms with Crippen molar-refractivity contribution < 1.29 is 19.5 Å². The molecule has 1 saturated carbocycles. The Labute approximate surface area is 148 Å². The number of nitrogens with zero attached hydrogens (tertiary/aromatic N) is 1. The number of hydrogen-bond donors (Lipinski definition) is 2. The largest absolute Gasteiger partial charge is 0.385 e. The van der Waals surface area contributed by atoms with Crippen molar-refractivity contribution in [1.29, 1.82) is 0 Å². The van der Waals surface area contributed by atoms with Crippen molar-refractivity contribution in [3.05, 3.63) is 34.9 Å². The molecular weight excluding hydrogens is 328 g/mol. The molecule has 132 valence electrons. The zero-order valence-electron chi connectivity index (χ0n) is 13.9. The Morgan fingerprint density at radius 3 is 2.58 bits per heavy atom. The van der Waals surface area contributed by atoms with Crippen LogP contribution in [0.5, 0.6) is 0 Å². The van der Waals surface area contributed by atoms with E-state index >= 15 is 0 Å². The van der Waals surface area contributed by atoms with Gasteiger partial charge in [-0.15, -0.1) is 0 Å². The molecule has 0 spiro atoms. The Morgan fingerprint density at radius 1 is 1.29 bits per heavy atom. The average Bonchev–Trinajstić information content (AvgIpc) is 3.42. The minimum atomic E-state index is -0.474. The lowest BCUT2D eigenvalue weighted by Crippen LogP contribution is -3.16. The van der Waals surface area contributed by atoms with Crippen LogP contribution in [0.4, 0.5) is 0 Å². The highest BCUT2D eigenvalue weighted by Crippen LogP contribution is 2.30. The summed E-state index contributed by atoms with van der Waals surface area (Å²) in [6.07, 6.45) is 1.66. The molecule has 1 saturated heterocycles. The minimum Gasteiger partial charge on any atom is -0.385 e. The summed E-state index contributed by atoms with van der Waals surface area (Å²) in [6, 6.07) is 7.53. The number of carbonyl (C=O) groups is 1. The van der Waals surface area contributed by atoms with Gasteiger partial charge >= 0.3 is 0 Å². The van der Waals surface area contributed by atoms with Gasteiger partial charge in [-0.3, -0.25) is 4.79 Å². The lowest BCUT2D eigenvalue weighted by atomic mass is 10.2. The Bertz CT molecular complexity index is 540. The van der Waals surface area contributed by atoms with Crippen LogP contribution in [-0.4, -0.2) is 61.3 Å². The van der Waals surface area contributed by atoms with E-state index in [2.05, 4.69) is 0 Å². The Hall–Kier alpha value is -1.14. The molecule has 1 aliphatic carbocycles. The number of rotatable bonds is 7. The average molecular weight is 354 g/mol. The van der Waals surface area contributed by atoms with Gasteiger partial charge in [0.15, 0.2) is 0 Å². The lowest BCUT2D eigenvalue weighted by molar-refractivity contribution is -0.907. The van der Waals surface area contributed by atoms with E-state index in [1.165, 1.54) is 4.90 Å². The Kier molecular flexibility index (Phi) is 6.11. The highest BCUT2D eigenvalue weighted by Gasteiger charge is 2.35. The van der Waals surface area contributed by atoms with Crippen LogP contribution in [-0.2, 0) is 16.1 Å². The number of aliphatic hydroxyl groups excluding tert-OH is 1. The number of piperazine rings is 1. The molecule has 1 amide bonds. The highest BCUT2D eigenvalue weighted by atomic mass is 35.5. The van der Waals surface area contributed by atoms with Crippen LogP contribution in [0.15, 0.2) is 24.3 Å². The Morgan fingerprint density at radius 2 is 1.96 bits per heavy atom. The van der Waals surface area contributed by atoms with Gasteiger partial charge in [0.05, 0.1) is 39.4 Å². The zero-order valence-corrected chi connectivity index (χ0v) is 14.7. The van der Waals surface area contributed by atoms with E-state index in [0.29, 0.717) is 36.6 Å². The number of amides is 1. The summed E-state index contributed by atoms with van der Waals surface area (Å²) >= 11 is 5.85. The van der Waals surface area contributed by atoms with Crippen LogP contribution in [0.25, 0.3) is 0 Å². The molecule has 1 aromatic rings. The van der Waals surface area contributed by atoms with Crippen molar-refractivity contribution in [1.82, 2.24) is 4.90 Å². The number of halogens is 1. The molecular formula is C18H26ClN2O3+. The van der Waals surface area contributed by atoms with E-state index in [1.54, 1.807) is 0 Å². The molecule has 1 aliphatic heterocycles. The quantitative estimate of drug-likeness (QED) is 0.744. The molecule has 5 nitrogen and oxygen atoms in total. The monoisotopic (exact) mass is 353 g/mol. The van der Waals surface area contributed by atoms with E-state index in [-0.39, 0.29) is 0 Å². The second-order valence-corrected chi connectivity index (χ2v) is 7.29. The second kappa shape index (κ2) is 8.30. The maximum Gasteiger partial charge on any atom is 0.226 e. The molecule has 0 radical (unpaired) electrons. The fourth-order valence-electron chi connectivity index (χ4n) is 3.12. The summed E-state index contributed by atoms with van der Waals surface area (Å²) in [6.45, 7) is 4.92. The molecule has 0 aromatic heterocycles. The zero-order chi connectivity index (χ0) is 16.9. The van der Waals surface area contributed by atoms with E-state index < -0.39 is 6.10 Å². The van der Waals surface area contributed by atoms with Gasteiger partial charge in [0.25, 0.3) is 0 Å². The fraction of sp³-hybridized carbons (Fsp3) is 0.611. The maximum atomic E-state index is 12.0. The minimum absolute atomic E-state index is 0.304. The Balaban J connectivity index is 1.31. The molecule has 2 aliphatic rings. The number of ether oxygens (including phenoxy) is 1. The maximum absolute atomic E-state index is 12.0. The first-order valence-electron chi connectivity index (χ1n) is 8.74. The summed E-state index contributed by atoms with van der Waals surface area (Å²) in [4.78, 5) is 15.4. The molecule has 3 rings (SSSR count). The first-order valence-corrected chi connectivity index (χ1v) is 9.12. The standard InChI is InChI=1S/C18H25ClN2O3/c19-16-5-1-14(2-6-16)12-24-13-17(22)11-20-7-9-21(10-8-20)18(23)15-3-4-15/h1-2,5-6,15,17,22H,3-4,7-13H2/p+1/t17-/m1/s1. The number of hydrogen-bond acceptors (Lipinski definition) is 3. The smallest absolute Gasteiger partial charge is 0.226 e. The van der Waals surface area contributed by atoms with E-state index in [1.807, 2.05) is 29.2 Å². The van der Waals surface area contributed by atoms with Gasteiger partial charge in [0, 0.05) is 10.9 Å². The second-order valence-electron chi connectivity index (χ2n) is 6.85. The van der Waals surface area contributed by atoms with Crippen LogP contribution in [0.1, 0.15) is 18.4 Å². The topological polar surface area (TPSA) is 54.2 Å². The highest BCUT2D eigenvalue weighted by molar-refractivity contribution is 6.30. The summed E-state index contributed by atoms with van der Waals surface area (Å²) in [7, 11) is 0. The molecule has 2 N–H and O–H groups in total. The van der Waals surface area contributed by atoms with Crippen LogP contribution >= 0.6 is 11.6 Å². The van der Waals surface area contributed by atoms with Gasteiger partial charge in [0.2, 0.25) is 5.91 Å². The van der Waals surface area contributed by atoms with Gasteiger partial charge in [-0.1, -0.05) is 23.7 Å². The lowest BCUT2D eigenvalue weighted by Gasteiger charge is -2.33. The van der Waals surface area contributed by atoms with Crippen molar-refractivity contribution >= 4 is 17.5 Å². The molecule has 0 unspecified atom stereocenters. The summed E-state index contributed by atoms with van der Waals surface area (Å²) in [5, 5.41) is 10.9. The third-order valence-corrected chi connectivity index (χ3v) is 4.98. The molecule has 24 heavy (non-hydrogen) atoms. The normalized spacial score (nSPS) is 20.2. The predicted octanol–water partition coefficient (Wildman–Crippen LogP) is 0.355. The van der Waals surface area contributed by atoms with Crippen LogP contribution in [0.3, 0.4) is 0 Å². The summed E-state index contributed by atoms with van der Waals surface area (Å²) in [5.74, 6) is 0.638. The first-order chi connectivity index (χ1) is 11.6. The molecule has 2 fully saturated rings. The van der Waals surface area contributed by atoms with E-state index in [9.17, 15) is 9.90 Å². The van der Waals surface area contributed by atoms with Crippen LogP contribution in [0.2, 0.25) is 5.02 Å². The van der Waals surface area contributed by atoms with Crippen LogP contribution < -0.4 is 4.90 Å². The summed E-state index contributed by atoms with van der Waals surface area (Å²) in [5.41, 5.74) is 1.05. The van der Waals surface area contributed by atoms with Crippen molar-refractivity contribution in [3.8, 4) is 0 Å². The van der Waals surface area contributed by atoms with E-state index in [4.69, 9.17) is 16.3 Å². The number of aliphatic hydroxyl groups is 1. The molecule has 0 bridgehead atoms. The number of nitrogens with one attached hydrogen (secondary N) is 1. The first kappa shape index (κ1) is 17.7. The SMILES string of the molecule is O=C(C1CC1)N1CC[NH+](C[C@@H](O)COCc2ccc(Cl)cc2)CC1. The summed E-state index contributed by atoms with van der Waals surface area (Å²) < 4.78 is 5.59. The van der Waals surface area contributed by atoms with Gasteiger partial charge in [-0.05, 0) is 30.5 Å². The van der Waals surface area contributed by atoms with Crippen molar-refractivity contribution in [3.63, 3.8) is 0 Å².